The molecule has 1 amide bonds. The van der Waals surface area contributed by atoms with E-state index in [1.165, 1.54) is 11.0 Å². The van der Waals surface area contributed by atoms with Crippen LogP contribution in [0.4, 0.5) is 4.39 Å². The number of carbonyl (C=O) groups is 1. The van der Waals surface area contributed by atoms with Gasteiger partial charge in [0, 0.05) is 14.1 Å². The summed E-state index contributed by atoms with van der Waals surface area (Å²) in [7, 11) is 3.38. The Morgan fingerprint density at radius 2 is 1.76 bits per heavy atom. The van der Waals surface area contributed by atoms with Crippen LogP contribution < -0.4 is 0 Å². The van der Waals surface area contributed by atoms with E-state index in [-0.39, 0.29) is 22.6 Å². The maximum Gasteiger partial charge on any atom is 0.277 e. The molecule has 1 aromatic heterocycles. The van der Waals surface area contributed by atoms with Gasteiger partial charge < -0.3 is 9.32 Å². The standard InChI is InChI=1S/C18H16FN3O2S/c1-22(2)17(23)15(12-8-4-3-5-9-12)25-18-21-20-16(24-18)13-10-6-7-11-14(13)19/h3-11,15H,1-2H3/t15-/m0/s1. The molecule has 0 radical (unpaired) electrons. The summed E-state index contributed by atoms with van der Waals surface area (Å²) < 4.78 is 19.4. The van der Waals surface area contributed by atoms with Crippen LogP contribution in [-0.4, -0.2) is 35.1 Å². The van der Waals surface area contributed by atoms with Crippen LogP contribution in [0.2, 0.25) is 0 Å². The normalized spacial score (nSPS) is 12.0. The van der Waals surface area contributed by atoms with Gasteiger partial charge in [0.05, 0.1) is 5.56 Å². The summed E-state index contributed by atoms with van der Waals surface area (Å²) in [6, 6.07) is 15.5. The molecule has 0 aliphatic rings. The van der Waals surface area contributed by atoms with Crippen molar-refractivity contribution in [2.24, 2.45) is 0 Å². The molecule has 0 saturated carbocycles. The van der Waals surface area contributed by atoms with Crippen LogP contribution in [0.15, 0.2) is 64.2 Å². The van der Waals surface area contributed by atoms with Gasteiger partial charge >= 0.3 is 0 Å². The average Bonchev–Trinajstić information content (AvgIpc) is 3.08. The molecule has 0 saturated heterocycles. The lowest BCUT2D eigenvalue weighted by Crippen LogP contribution is -2.26. The molecule has 3 rings (SSSR count). The number of benzene rings is 2. The van der Waals surface area contributed by atoms with Gasteiger partial charge in [-0.3, -0.25) is 4.79 Å². The second-order valence-electron chi connectivity index (χ2n) is 5.49. The van der Waals surface area contributed by atoms with Gasteiger partial charge in [-0.25, -0.2) is 4.39 Å². The molecule has 0 unspecified atom stereocenters. The van der Waals surface area contributed by atoms with Crippen molar-refractivity contribution < 1.29 is 13.6 Å². The van der Waals surface area contributed by atoms with Crippen molar-refractivity contribution in [3.05, 3.63) is 66.0 Å². The highest BCUT2D eigenvalue weighted by Crippen LogP contribution is 2.36. The second-order valence-corrected chi connectivity index (χ2v) is 6.55. The van der Waals surface area contributed by atoms with Gasteiger partial charge in [0.25, 0.3) is 11.1 Å². The van der Waals surface area contributed by atoms with Gasteiger partial charge in [0.1, 0.15) is 11.1 Å². The Hall–Kier alpha value is -2.67. The first-order valence-corrected chi connectivity index (χ1v) is 8.45. The first-order valence-electron chi connectivity index (χ1n) is 7.57. The third-order valence-corrected chi connectivity index (χ3v) is 4.57. The van der Waals surface area contributed by atoms with Crippen LogP contribution in [0.1, 0.15) is 10.8 Å². The fourth-order valence-corrected chi connectivity index (χ4v) is 3.25. The number of hydrogen-bond acceptors (Lipinski definition) is 5. The Kier molecular flexibility index (Phi) is 5.14. The average molecular weight is 357 g/mol. The van der Waals surface area contributed by atoms with E-state index in [2.05, 4.69) is 10.2 Å². The van der Waals surface area contributed by atoms with E-state index in [0.717, 1.165) is 17.3 Å². The fourth-order valence-electron chi connectivity index (χ4n) is 2.23. The minimum absolute atomic E-state index is 0.0877. The second kappa shape index (κ2) is 7.48. The van der Waals surface area contributed by atoms with Crippen molar-refractivity contribution in [1.82, 2.24) is 15.1 Å². The molecule has 25 heavy (non-hydrogen) atoms. The fraction of sp³-hybridized carbons (Fsp3) is 0.167. The summed E-state index contributed by atoms with van der Waals surface area (Å²) in [6.07, 6.45) is 0. The third-order valence-electron chi connectivity index (χ3n) is 3.50. The van der Waals surface area contributed by atoms with Crippen molar-refractivity contribution in [2.45, 2.75) is 10.5 Å². The van der Waals surface area contributed by atoms with Crippen molar-refractivity contribution in [3.63, 3.8) is 0 Å². The number of thioether (sulfide) groups is 1. The largest absolute Gasteiger partial charge is 0.411 e. The Balaban J connectivity index is 1.88. The lowest BCUT2D eigenvalue weighted by molar-refractivity contribution is -0.128. The van der Waals surface area contributed by atoms with Crippen LogP contribution in [0.25, 0.3) is 11.5 Å². The highest BCUT2D eigenvalue weighted by atomic mass is 32.2. The van der Waals surface area contributed by atoms with E-state index in [0.29, 0.717) is 0 Å². The molecular formula is C18H16FN3O2S. The Morgan fingerprint density at radius 3 is 2.44 bits per heavy atom. The molecule has 3 aromatic rings. The Labute approximate surface area is 148 Å². The highest BCUT2D eigenvalue weighted by molar-refractivity contribution is 8.00. The molecule has 1 atom stereocenters. The molecule has 2 aromatic carbocycles. The maximum absolute atomic E-state index is 13.9. The predicted octanol–water partition coefficient (Wildman–Crippen LogP) is 3.80. The van der Waals surface area contributed by atoms with Gasteiger partial charge in [0.2, 0.25) is 5.91 Å². The minimum atomic E-state index is -0.523. The Bertz CT molecular complexity index is 868. The van der Waals surface area contributed by atoms with Crippen LogP contribution >= 0.6 is 11.8 Å². The molecule has 0 spiro atoms. The molecule has 0 aliphatic carbocycles. The molecule has 0 bridgehead atoms. The van der Waals surface area contributed by atoms with Gasteiger partial charge in [-0.2, -0.15) is 0 Å². The number of carbonyl (C=O) groups excluding carboxylic acids is 1. The van der Waals surface area contributed by atoms with Crippen LogP contribution in [0, 0.1) is 5.82 Å². The lowest BCUT2D eigenvalue weighted by atomic mass is 10.1. The number of amides is 1. The number of hydrogen-bond donors (Lipinski definition) is 0. The third kappa shape index (κ3) is 3.88. The van der Waals surface area contributed by atoms with Crippen LogP contribution in [0.3, 0.4) is 0 Å². The van der Waals surface area contributed by atoms with Gasteiger partial charge in [-0.15, -0.1) is 10.2 Å². The zero-order valence-corrected chi connectivity index (χ0v) is 14.5. The van der Waals surface area contributed by atoms with E-state index >= 15 is 0 Å². The van der Waals surface area contributed by atoms with Gasteiger partial charge in [-0.1, -0.05) is 42.5 Å². The van der Waals surface area contributed by atoms with E-state index in [1.807, 2.05) is 30.3 Å². The Morgan fingerprint density at radius 1 is 1.08 bits per heavy atom. The number of aromatic nitrogens is 2. The van der Waals surface area contributed by atoms with Gasteiger partial charge in [-0.05, 0) is 29.5 Å². The minimum Gasteiger partial charge on any atom is -0.411 e. The molecule has 5 nitrogen and oxygen atoms in total. The monoisotopic (exact) mass is 357 g/mol. The zero-order valence-electron chi connectivity index (χ0n) is 13.7. The summed E-state index contributed by atoms with van der Waals surface area (Å²) >= 11 is 1.15. The quantitative estimate of drug-likeness (QED) is 0.650. The van der Waals surface area contributed by atoms with Gasteiger partial charge in [0.15, 0.2) is 0 Å². The molecule has 0 aliphatic heterocycles. The molecule has 7 heteroatoms. The van der Waals surface area contributed by atoms with Crippen molar-refractivity contribution in [2.75, 3.05) is 14.1 Å². The van der Waals surface area contributed by atoms with E-state index < -0.39 is 11.1 Å². The first-order chi connectivity index (χ1) is 12.1. The van der Waals surface area contributed by atoms with Crippen LogP contribution in [-0.2, 0) is 4.79 Å². The summed E-state index contributed by atoms with van der Waals surface area (Å²) in [5, 5.41) is 7.53. The molecule has 128 valence electrons. The summed E-state index contributed by atoms with van der Waals surface area (Å²) in [6.45, 7) is 0. The van der Waals surface area contributed by atoms with E-state index in [9.17, 15) is 9.18 Å². The zero-order chi connectivity index (χ0) is 17.8. The number of likely N-dealkylation sites (N-methyl/N-ethyl adjacent to an activating group) is 1. The number of rotatable bonds is 5. The maximum atomic E-state index is 13.9. The molecule has 0 fully saturated rings. The molecule has 0 N–H and O–H groups in total. The van der Waals surface area contributed by atoms with Crippen molar-refractivity contribution in [1.29, 1.82) is 0 Å². The van der Waals surface area contributed by atoms with Crippen LogP contribution in [0.5, 0.6) is 0 Å². The summed E-state index contributed by atoms with van der Waals surface area (Å²) in [5.41, 5.74) is 1.06. The predicted molar refractivity (Wildman–Crippen MR) is 93.4 cm³/mol. The first kappa shape index (κ1) is 17.2. The topological polar surface area (TPSA) is 59.2 Å². The number of nitrogens with zero attached hydrogens (tertiary/aromatic N) is 3. The summed E-state index contributed by atoms with van der Waals surface area (Å²) in [4.78, 5) is 14.0. The van der Waals surface area contributed by atoms with Crippen molar-refractivity contribution in [3.8, 4) is 11.5 Å². The smallest absolute Gasteiger partial charge is 0.277 e. The number of halogens is 1. The molecular weight excluding hydrogens is 341 g/mol. The lowest BCUT2D eigenvalue weighted by Gasteiger charge is -2.18. The van der Waals surface area contributed by atoms with E-state index in [4.69, 9.17) is 4.42 Å². The van der Waals surface area contributed by atoms with E-state index in [1.54, 1.807) is 32.3 Å². The highest BCUT2D eigenvalue weighted by Gasteiger charge is 2.26. The van der Waals surface area contributed by atoms with Crippen molar-refractivity contribution >= 4 is 17.7 Å². The SMILES string of the molecule is CN(C)C(=O)[C@@H](Sc1nnc(-c2ccccc2F)o1)c1ccccc1. The summed E-state index contributed by atoms with van der Waals surface area (Å²) in [5.74, 6) is -0.446. The molecule has 1 heterocycles.